The summed E-state index contributed by atoms with van der Waals surface area (Å²) in [6.45, 7) is 6.88. The molecule has 100 valence electrons. The van der Waals surface area contributed by atoms with Gasteiger partial charge in [-0.25, -0.2) is 0 Å². The van der Waals surface area contributed by atoms with E-state index in [-0.39, 0.29) is 5.92 Å². The maximum Gasteiger partial charge on any atom is 0.234 e. The minimum atomic E-state index is -0.501. The average Bonchev–Trinajstić information content (AvgIpc) is 2.34. The zero-order chi connectivity index (χ0) is 12.7. The van der Waals surface area contributed by atoms with E-state index in [1.54, 1.807) is 0 Å². The number of hydrogen-bond acceptors (Lipinski definition) is 4. The molecule has 17 heavy (non-hydrogen) atoms. The van der Waals surface area contributed by atoms with Crippen molar-refractivity contribution in [1.29, 1.82) is 0 Å². The molecule has 1 aliphatic heterocycles. The number of rotatable bonds is 7. The molecule has 0 aliphatic carbocycles. The highest BCUT2D eigenvalue weighted by Gasteiger charge is 2.17. The molecule has 0 bridgehead atoms. The van der Waals surface area contributed by atoms with Gasteiger partial charge in [0, 0.05) is 13.1 Å². The molecule has 4 N–H and O–H groups in total. The van der Waals surface area contributed by atoms with Crippen molar-refractivity contribution in [1.82, 2.24) is 4.90 Å². The lowest BCUT2D eigenvalue weighted by Crippen LogP contribution is -2.41. The minimum Gasteiger partial charge on any atom is -0.379 e. The number of hydrogen-bond donors (Lipinski definition) is 2. The zero-order valence-corrected chi connectivity index (χ0v) is 10.7. The summed E-state index contributed by atoms with van der Waals surface area (Å²) in [5, 5.41) is 0. The Hall–Kier alpha value is -0.650. The number of carbonyl (C=O) groups is 1. The van der Waals surface area contributed by atoms with Gasteiger partial charge in [0.2, 0.25) is 5.91 Å². The monoisotopic (exact) mass is 243 g/mol. The maximum atomic E-state index is 10.9. The molecule has 0 saturated carbocycles. The molecule has 0 spiro atoms. The molecule has 0 aromatic rings. The van der Waals surface area contributed by atoms with Crippen LogP contribution in [0.4, 0.5) is 0 Å². The second-order valence-corrected chi connectivity index (χ2v) is 4.86. The molecule has 0 radical (unpaired) electrons. The van der Waals surface area contributed by atoms with Crippen molar-refractivity contribution in [2.45, 2.75) is 32.2 Å². The van der Waals surface area contributed by atoms with E-state index in [9.17, 15) is 4.79 Å². The van der Waals surface area contributed by atoms with Gasteiger partial charge >= 0.3 is 0 Å². The van der Waals surface area contributed by atoms with Crippen LogP contribution in [0.3, 0.4) is 0 Å². The highest BCUT2D eigenvalue weighted by Crippen LogP contribution is 2.11. The Kier molecular flexibility index (Phi) is 6.47. The molecule has 5 heteroatoms. The molecule has 1 rings (SSSR count). The fraction of sp³-hybridized carbons (Fsp3) is 0.917. The van der Waals surface area contributed by atoms with Crippen molar-refractivity contribution in [3.8, 4) is 0 Å². The summed E-state index contributed by atoms with van der Waals surface area (Å²) >= 11 is 0. The number of unbranched alkanes of at least 4 members (excludes halogenated alkanes) is 1. The quantitative estimate of drug-likeness (QED) is 0.614. The third kappa shape index (κ3) is 5.48. The fourth-order valence-electron chi connectivity index (χ4n) is 2.09. The highest BCUT2D eigenvalue weighted by atomic mass is 16.5. The first-order valence-electron chi connectivity index (χ1n) is 6.46. The fourth-order valence-corrected chi connectivity index (χ4v) is 2.09. The van der Waals surface area contributed by atoms with E-state index in [1.807, 2.05) is 6.92 Å². The Morgan fingerprint density at radius 1 is 1.35 bits per heavy atom. The third-order valence-corrected chi connectivity index (χ3v) is 3.43. The Morgan fingerprint density at radius 3 is 2.59 bits per heavy atom. The van der Waals surface area contributed by atoms with E-state index >= 15 is 0 Å². The van der Waals surface area contributed by atoms with Gasteiger partial charge in [0.15, 0.2) is 0 Å². The van der Waals surface area contributed by atoms with Gasteiger partial charge in [-0.05, 0) is 25.3 Å². The predicted octanol–water partition coefficient (Wildman–Crippen LogP) is -0.0624. The van der Waals surface area contributed by atoms with Crippen LogP contribution in [0, 0.1) is 5.92 Å². The first-order valence-corrected chi connectivity index (χ1v) is 6.46. The van der Waals surface area contributed by atoms with Gasteiger partial charge in [0.05, 0.1) is 19.3 Å². The topological polar surface area (TPSA) is 81.6 Å². The lowest BCUT2D eigenvalue weighted by atomic mass is 9.96. The number of nitrogens with two attached hydrogens (primary N) is 2. The molecule has 0 aromatic heterocycles. The second kappa shape index (κ2) is 7.63. The van der Waals surface area contributed by atoms with Gasteiger partial charge < -0.3 is 16.2 Å². The molecule has 1 aliphatic rings. The number of ether oxygens (including phenoxy) is 1. The van der Waals surface area contributed by atoms with Crippen LogP contribution in [-0.2, 0) is 9.53 Å². The van der Waals surface area contributed by atoms with Gasteiger partial charge in [-0.1, -0.05) is 13.3 Å². The van der Waals surface area contributed by atoms with Gasteiger partial charge in [-0.15, -0.1) is 0 Å². The van der Waals surface area contributed by atoms with Gasteiger partial charge in [-0.2, -0.15) is 0 Å². The van der Waals surface area contributed by atoms with E-state index in [4.69, 9.17) is 16.2 Å². The van der Waals surface area contributed by atoms with Gasteiger partial charge in [0.1, 0.15) is 0 Å². The summed E-state index contributed by atoms with van der Waals surface area (Å²) in [4.78, 5) is 13.3. The van der Waals surface area contributed by atoms with Gasteiger partial charge in [0.25, 0.3) is 0 Å². The van der Waals surface area contributed by atoms with E-state index < -0.39 is 11.9 Å². The average molecular weight is 243 g/mol. The Balaban J connectivity index is 2.04. The second-order valence-electron chi connectivity index (χ2n) is 4.86. The number of amides is 1. The van der Waals surface area contributed by atoms with Crippen molar-refractivity contribution >= 4 is 5.91 Å². The van der Waals surface area contributed by atoms with Crippen LogP contribution in [0.15, 0.2) is 0 Å². The number of carbonyl (C=O) groups excluding carboxylic acids is 1. The maximum absolute atomic E-state index is 10.9. The molecule has 0 aromatic carbocycles. The summed E-state index contributed by atoms with van der Waals surface area (Å²) in [7, 11) is 0. The van der Waals surface area contributed by atoms with Crippen LogP contribution in [0.1, 0.15) is 26.2 Å². The Bertz CT molecular complexity index is 230. The van der Waals surface area contributed by atoms with Crippen molar-refractivity contribution in [2.75, 3.05) is 32.8 Å². The minimum absolute atomic E-state index is 0.178. The number of nitrogens with zero attached hydrogens (tertiary/aromatic N) is 1. The van der Waals surface area contributed by atoms with Crippen molar-refractivity contribution in [2.24, 2.45) is 17.4 Å². The molecule has 1 fully saturated rings. The molecule has 1 heterocycles. The first-order chi connectivity index (χ1) is 8.11. The van der Waals surface area contributed by atoms with E-state index in [2.05, 4.69) is 4.90 Å². The lowest BCUT2D eigenvalue weighted by Gasteiger charge is -2.26. The number of primary amides is 1. The highest BCUT2D eigenvalue weighted by molar-refractivity contribution is 5.79. The third-order valence-electron chi connectivity index (χ3n) is 3.43. The Labute approximate surface area is 103 Å². The van der Waals surface area contributed by atoms with E-state index in [0.717, 1.165) is 52.1 Å². The van der Waals surface area contributed by atoms with Crippen LogP contribution in [0.5, 0.6) is 0 Å². The molecule has 1 amide bonds. The molecule has 0 unspecified atom stereocenters. The lowest BCUT2D eigenvalue weighted by molar-refractivity contribution is -0.120. The van der Waals surface area contributed by atoms with Crippen molar-refractivity contribution in [3.05, 3.63) is 0 Å². The standard InChI is InChI=1S/C12H25N3O2/c1-10(11(13)12(14)16)4-2-3-5-15-6-8-17-9-7-15/h10-11H,2-9,13H2,1H3,(H2,14,16)/t10-,11+/m0/s1. The van der Waals surface area contributed by atoms with Gasteiger partial charge in [-0.3, -0.25) is 9.69 Å². The first kappa shape index (κ1) is 14.4. The summed E-state index contributed by atoms with van der Waals surface area (Å²) in [6.07, 6.45) is 3.21. The largest absolute Gasteiger partial charge is 0.379 e. The summed E-state index contributed by atoms with van der Waals surface area (Å²) in [5.41, 5.74) is 10.9. The molecular weight excluding hydrogens is 218 g/mol. The SMILES string of the molecule is C[C@@H](CCCCN1CCOCC1)[C@@H](N)C(N)=O. The molecule has 2 atom stereocenters. The number of morpholine rings is 1. The van der Waals surface area contributed by atoms with Crippen LogP contribution in [-0.4, -0.2) is 49.7 Å². The van der Waals surface area contributed by atoms with Crippen LogP contribution in [0.2, 0.25) is 0 Å². The summed E-state index contributed by atoms with van der Waals surface area (Å²) in [5.74, 6) is -0.220. The van der Waals surface area contributed by atoms with Crippen molar-refractivity contribution < 1.29 is 9.53 Å². The Morgan fingerprint density at radius 2 is 2.00 bits per heavy atom. The molecule has 5 nitrogen and oxygen atoms in total. The smallest absolute Gasteiger partial charge is 0.234 e. The summed E-state index contributed by atoms with van der Waals surface area (Å²) in [6, 6.07) is -0.501. The predicted molar refractivity (Wildman–Crippen MR) is 67.4 cm³/mol. The zero-order valence-electron chi connectivity index (χ0n) is 10.7. The van der Waals surface area contributed by atoms with Crippen LogP contribution < -0.4 is 11.5 Å². The van der Waals surface area contributed by atoms with E-state index in [1.165, 1.54) is 0 Å². The summed E-state index contributed by atoms with van der Waals surface area (Å²) < 4.78 is 5.29. The normalized spacial score (nSPS) is 21.1. The van der Waals surface area contributed by atoms with Crippen LogP contribution in [0.25, 0.3) is 0 Å². The van der Waals surface area contributed by atoms with E-state index in [0.29, 0.717) is 0 Å². The van der Waals surface area contributed by atoms with Crippen molar-refractivity contribution in [3.63, 3.8) is 0 Å². The molecular formula is C12H25N3O2. The van der Waals surface area contributed by atoms with Crippen LogP contribution >= 0.6 is 0 Å². The molecule has 1 saturated heterocycles.